The van der Waals surface area contributed by atoms with Gasteiger partial charge in [0.25, 0.3) is 0 Å². The third-order valence-electron chi connectivity index (χ3n) is 4.55. The number of hydrogen-bond acceptors (Lipinski definition) is 4. The Labute approximate surface area is 154 Å². The highest BCUT2D eigenvalue weighted by atomic mass is 35.5. The molecule has 144 valence electrons. The van der Waals surface area contributed by atoms with Gasteiger partial charge in [0.2, 0.25) is 0 Å². The van der Waals surface area contributed by atoms with Crippen LogP contribution in [0.5, 0.6) is 0 Å². The number of esters is 1. The van der Waals surface area contributed by atoms with E-state index in [0.29, 0.717) is 13.0 Å². The lowest BCUT2D eigenvalue weighted by molar-refractivity contribution is -0.143. The fraction of sp³-hybridized carbons (Fsp3) is 0.947. The minimum Gasteiger partial charge on any atom is -1.00 e. The molecular formula is C19H37ClNO3-. The van der Waals surface area contributed by atoms with E-state index in [2.05, 4.69) is 4.90 Å². The maximum Gasteiger partial charge on any atom is 0.305 e. The van der Waals surface area contributed by atoms with Gasteiger partial charge >= 0.3 is 5.97 Å². The highest BCUT2D eigenvalue weighted by molar-refractivity contribution is 5.69. The molecule has 0 aliphatic carbocycles. The molecule has 5 heteroatoms. The number of hydrogen-bond donors (Lipinski definition) is 1. The second-order valence-electron chi connectivity index (χ2n) is 6.90. The number of ether oxygens (including phenoxy) is 1. The Balaban J connectivity index is 0.00000529. The molecule has 1 aliphatic heterocycles. The minimum atomic E-state index is -0.151. The molecule has 1 heterocycles. The van der Waals surface area contributed by atoms with Crippen LogP contribution in [0.1, 0.15) is 84.0 Å². The van der Waals surface area contributed by atoms with E-state index in [9.17, 15) is 9.90 Å². The van der Waals surface area contributed by atoms with E-state index in [1.54, 1.807) is 0 Å². The van der Waals surface area contributed by atoms with Gasteiger partial charge in [0.15, 0.2) is 0 Å². The fourth-order valence-corrected chi connectivity index (χ4v) is 3.18. The summed E-state index contributed by atoms with van der Waals surface area (Å²) < 4.78 is 5.05. The van der Waals surface area contributed by atoms with Gasteiger partial charge in [0.1, 0.15) is 0 Å². The Bertz CT molecular complexity index is 296. The summed E-state index contributed by atoms with van der Waals surface area (Å²) in [6, 6.07) is 0. The maximum absolute atomic E-state index is 11.3. The second kappa shape index (κ2) is 16.2. The van der Waals surface area contributed by atoms with Gasteiger partial charge in [-0.25, -0.2) is 0 Å². The number of likely N-dealkylation sites (tertiary alicyclic amines) is 1. The molecule has 1 unspecified atom stereocenters. The zero-order valence-corrected chi connectivity index (χ0v) is 16.2. The van der Waals surface area contributed by atoms with Crippen molar-refractivity contribution in [2.75, 3.05) is 26.2 Å². The number of carbonyl (C=O) groups excluding carboxylic acids is 1. The van der Waals surface area contributed by atoms with E-state index < -0.39 is 0 Å². The van der Waals surface area contributed by atoms with Crippen LogP contribution in [0, 0.1) is 0 Å². The van der Waals surface area contributed by atoms with Crippen molar-refractivity contribution in [1.29, 1.82) is 0 Å². The SMILES string of the molecule is CCCOC(=O)CCCCCCCCC(O)CN1CCCCC1.[Cl-]. The minimum absolute atomic E-state index is 0. The van der Waals surface area contributed by atoms with E-state index in [-0.39, 0.29) is 24.5 Å². The van der Waals surface area contributed by atoms with Crippen molar-refractivity contribution in [2.24, 2.45) is 0 Å². The molecule has 0 aromatic rings. The molecule has 1 fully saturated rings. The van der Waals surface area contributed by atoms with Crippen molar-refractivity contribution in [3.05, 3.63) is 0 Å². The number of aliphatic hydroxyl groups excluding tert-OH is 1. The molecule has 1 rings (SSSR count). The topological polar surface area (TPSA) is 49.8 Å². The lowest BCUT2D eigenvalue weighted by Gasteiger charge is -2.28. The zero-order chi connectivity index (χ0) is 16.8. The first kappa shape index (κ1) is 23.7. The fourth-order valence-electron chi connectivity index (χ4n) is 3.18. The highest BCUT2D eigenvalue weighted by Gasteiger charge is 2.14. The number of aliphatic hydroxyl groups is 1. The van der Waals surface area contributed by atoms with Crippen molar-refractivity contribution < 1.29 is 27.0 Å². The van der Waals surface area contributed by atoms with Crippen LogP contribution < -0.4 is 12.4 Å². The van der Waals surface area contributed by atoms with Crippen LogP contribution in [-0.2, 0) is 9.53 Å². The van der Waals surface area contributed by atoms with Crippen LogP contribution in [-0.4, -0.2) is 48.3 Å². The summed E-state index contributed by atoms with van der Waals surface area (Å²) in [5, 5.41) is 10.1. The Morgan fingerprint density at radius 3 is 2.33 bits per heavy atom. The number of β-amino-alcohol motifs (C(OH)–C–C–N with tert-alkyl or cyclic N) is 1. The largest absolute Gasteiger partial charge is 1.00 e. The number of rotatable bonds is 13. The molecule has 0 amide bonds. The average Bonchev–Trinajstić information content (AvgIpc) is 2.56. The standard InChI is InChI=1S/C19H37NO3.ClH/c1-2-16-23-19(22)13-9-6-4-3-5-8-12-18(21)17-20-14-10-7-11-15-20;/h18,21H,2-17H2,1H3;1H/p-1. The number of unbranched alkanes of at least 4 members (excludes halogenated alkanes) is 5. The van der Waals surface area contributed by atoms with Gasteiger partial charge in [-0.1, -0.05) is 45.4 Å². The molecular weight excluding hydrogens is 326 g/mol. The average molecular weight is 363 g/mol. The number of carbonyl (C=O) groups is 1. The summed E-state index contributed by atoms with van der Waals surface area (Å²) in [7, 11) is 0. The van der Waals surface area contributed by atoms with Gasteiger partial charge in [-0.05, 0) is 45.2 Å². The van der Waals surface area contributed by atoms with Gasteiger partial charge in [-0.2, -0.15) is 0 Å². The van der Waals surface area contributed by atoms with Crippen LogP contribution >= 0.6 is 0 Å². The molecule has 0 radical (unpaired) electrons. The molecule has 0 aromatic heterocycles. The van der Waals surface area contributed by atoms with E-state index in [4.69, 9.17) is 4.74 Å². The van der Waals surface area contributed by atoms with Crippen LogP contribution in [0.2, 0.25) is 0 Å². The van der Waals surface area contributed by atoms with E-state index >= 15 is 0 Å². The van der Waals surface area contributed by atoms with Crippen LogP contribution in [0.3, 0.4) is 0 Å². The Hall–Kier alpha value is -0.320. The van der Waals surface area contributed by atoms with E-state index in [1.165, 1.54) is 38.5 Å². The third-order valence-corrected chi connectivity index (χ3v) is 4.55. The van der Waals surface area contributed by atoms with Gasteiger partial charge in [-0.3, -0.25) is 4.79 Å². The van der Waals surface area contributed by atoms with Crippen LogP contribution in [0.15, 0.2) is 0 Å². The Kier molecular flexibility index (Phi) is 15.9. The molecule has 1 N–H and O–H groups in total. The van der Waals surface area contributed by atoms with Crippen LogP contribution in [0.4, 0.5) is 0 Å². The smallest absolute Gasteiger partial charge is 0.305 e. The van der Waals surface area contributed by atoms with E-state index in [0.717, 1.165) is 51.7 Å². The molecule has 0 aromatic carbocycles. The van der Waals surface area contributed by atoms with Crippen molar-refractivity contribution >= 4 is 5.97 Å². The summed E-state index contributed by atoms with van der Waals surface area (Å²) in [6.07, 6.45) is 12.9. The van der Waals surface area contributed by atoms with Crippen molar-refractivity contribution in [2.45, 2.75) is 90.1 Å². The number of piperidine rings is 1. The molecule has 4 nitrogen and oxygen atoms in total. The van der Waals surface area contributed by atoms with Crippen molar-refractivity contribution in [3.8, 4) is 0 Å². The lowest BCUT2D eigenvalue weighted by Crippen LogP contribution is -3.00. The highest BCUT2D eigenvalue weighted by Crippen LogP contribution is 2.13. The zero-order valence-electron chi connectivity index (χ0n) is 15.5. The van der Waals surface area contributed by atoms with E-state index in [1.807, 2.05) is 6.92 Å². The second-order valence-corrected chi connectivity index (χ2v) is 6.90. The number of halogens is 1. The number of nitrogens with zero attached hydrogens (tertiary/aromatic N) is 1. The summed E-state index contributed by atoms with van der Waals surface area (Å²) in [6.45, 7) is 5.75. The Morgan fingerprint density at radius 2 is 1.67 bits per heavy atom. The maximum atomic E-state index is 11.3. The lowest BCUT2D eigenvalue weighted by atomic mass is 10.0. The first-order chi connectivity index (χ1) is 11.2. The molecule has 1 aliphatic rings. The summed E-state index contributed by atoms with van der Waals surface area (Å²) in [5.41, 5.74) is 0. The normalized spacial score (nSPS) is 16.4. The van der Waals surface area contributed by atoms with Gasteiger partial charge < -0.3 is 27.2 Å². The molecule has 0 saturated carbocycles. The van der Waals surface area contributed by atoms with Crippen molar-refractivity contribution in [3.63, 3.8) is 0 Å². The molecule has 1 atom stereocenters. The van der Waals surface area contributed by atoms with Gasteiger partial charge in [0, 0.05) is 13.0 Å². The third kappa shape index (κ3) is 13.0. The molecule has 24 heavy (non-hydrogen) atoms. The summed E-state index contributed by atoms with van der Waals surface area (Å²) >= 11 is 0. The molecule has 0 spiro atoms. The first-order valence-corrected chi connectivity index (χ1v) is 9.78. The van der Waals surface area contributed by atoms with Crippen LogP contribution in [0.25, 0.3) is 0 Å². The van der Waals surface area contributed by atoms with Gasteiger partial charge in [-0.15, -0.1) is 0 Å². The predicted octanol–water partition coefficient (Wildman–Crippen LogP) is 0.911. The monoisotopic (exact) mass is 362 g/mol. The predicted molar refractivity (Wildman–Crippen MR) is 94.5 cm³/mol. The quantitative estimate of drug-likeness (QED) is 0.391. The molecule has 0 bridgehead atoms. The first-order valence-electron chi connectivity index (χ1n) is 9.78. The summed E-state index contributed by atoms with van der Waals surface area (Å²) in [5.74, 6) is -0.0484. The molecule has 1 saturated heterocycles. The van der Waals surface area contributed by atoms with Crippen molar-refractivity contribution in [1.82, 2.24) is 4.90 Å². The van der Waals surface area contributed by atoms with Gasteiger partial charge in [0.05, 0.1) is 12.7 Å². The summed E-state index contributed by atoms with van der Waals surface area (Å²) in [4.78, 5) is 13.7. The Morgan fingerprint density at radius 1 is 1.04 bits per heavy atom.